The minimum Gasteiger partial charge on any atom is -0.481 e. The number of nitrogens with zero attached hydrogens (tertiary/aromatic N) is 3. The summed E-state index contributed by atoms with van der Waals surface area (Å²) in [6, 6.07) is 9.19. The van der Waals surface area contributed by atoms with Gasteiger partial charge in [-0.1, -0.05) is 30.3 Å². The van der Waals surface area contributed by atoms with E-state index in [1.54, 1.807) is 0 Å². The summed E-state index contributed by atoms with van der Waals surface area (Å²) in [7, 11) is -3.75. The Labute approximate surface area is 140 Å². The normalized spacial score (nSPS) is 21.9. The molecule has 7 nitrogen and oxygen atoms in total. The fraction of sp³-hybridized carbons (Fsp3) is 0.375. The Kier molecular flexibility index (Phi) is 4.42. The number of carboxylic acid groups (broad SMARTS) is 1. The highest BCUT2D eigenvalue weighted by molar-refractivity contribution is 7.89. The van der Waals surface area contributed by atoms with Gasteiger partial charge in [0.15, 0.2) is 0 Å². The van der Waals surface area contributed by atoms with Crippen molar-refractivity contribution >= 4 is 16.0 Å². The van der Waals surface area contributed by atoms with Gasteiger partial charge in [-0.15, -0.1) is 0 Å². The molecule has 24 heavy (non-hydrogen) atoms. The highest BCUT2D eigenvalue weighted by Gasteiger charge is 2.43. The first-order chi connectivity index (χ1) is 11.4. The molecule has 0 aliphatic carbocycles. The van der Waals surface area contributed by atoms with Crippen LogP contribution in [0, 0.1) is 5.92 Å². The van der Waals surface area contributed by atoms with E-state index in [0.29, 0.717) is 6.54 Å². The molecular weight excluding hydrogens is 330 g/mol. The maximum atomic E-state index is 12.8. The van der Waals surface area contributed by atoms with Crippen molar-refractivity contribution in [2.75, 3.05) is 13.1 Å². The van der Waals surface area contributed by atoms with Crippen LogP contribution in [0.4, 0.5) is 0 Å². The second-order valence-corrected chi connectivity index (χ2v) is 7.75. The van der Waals surface area contributed by atoms with Crippen LogP contribution in [-0.4, -0.2) is 46.7 Å². The average molecular weight is 349 g/mol. The topological polar surface area (TPSA) is 92.5 Å². The van der Waals surface area contributed by atoms with E-state index in [1.807, 2.05) is 37.3 Å². The van der Waals surface area contributed by atoms with Gasteiger partial charge in [-0.05, 0) is 12.5 Å². The lowest BCUT2D eigenvalue weighted by Crippen LogP contribution is -2.29. The summed E-state index contributed by atoms with van der Waals surface area (Å²) in [5.74, 6) is -2.10. The third kappa shape index (κ3) is 2.94. The molecule has 1 saturated heterocycles. The van der Waals surface area contributed by atoms with Crippen LogP contribution in [0.5, 0.6) is 0 Å². The Hall–Kier alpha value is -2.19. The second-order valence-electron chi connectivity index (χ2n) is 5.82. The van der Waals surface area contributed by atoms with Crippen LogP contribution < -0.4 is 0 Å². The molecule has 1 aliphatic rings. The van der Waals surface area contributed by atoms with E-state index in [0.717, 1.165) is 5.56 Å². The second kappa shape index (κ2) is 6.37. The molecule has 0 saturated carbocycles. The molecule has 0 amide bonds. The van der Waals surface area contributed by atoms with Crippen LogP contribution in [0.3, 0.4) is 0 Å². The van der Waals surface area contributed by atoms with Gasteiger partial charge in [0.05, 0.1) is 12.1 Å². The summed E-state index contributed by atoms with van der Waals surface area (Å²) >= 11 is 0. The van der Waals surface area contributed by atoms with Crippen LogP contribution in [-0.2, 0) is 21.4 Å². The number of benzene rings is 1. The molecule has 0 unspecified atom stereocenters. The first-order valence-electron chi connectivity index (χ1n) is 7.74. The Balaban J connectivity index is 1.91. The summed E-state index contributed by atoms with van der Waals surface area (Å²) < 4.78 is 28.4. The van der Waals surface area contributed by atoms with E-state index in [2.05, 4.69) is 5.10 Å². The number of sulfonamides is 1. The molecule has 2 heterocycles. The van der Waals surface area contributed by atoms with Gasteiger partial charge in [-0.25, -0.2) is 8.42 Å². The number of aryl methyl sites for hydroxylation is 1. The predicted octanol–water partition coefficient (Wildman–Crippen LogP) is 1.39. The van der Waals surface area contributed by atoms with Crippen LogP contribution >= 0.6 is 0 Å². The quantitative estimate of drug-likeness (QED) is 0.881. The Morgan fingerprint density at radius 3 is 2.58 bits per heavy atom. The van der Waals surface area contributed by atoms with E-state index >= 15 is 0 Å². The highest BCUT2D eigenvalue weighted by atomic mass is 32.2. The Morgan fingerprint density at radius 2 is 2.00 bits per heavy atom. The minimum atomic E-state index is -3.75. The lowest BCUT2D eigenvalue weighted by molar-refractivity contribution is -0.141. The van der Waals surface area contributed by atoms with Gasteiger partial charge in [0.25, 0.3) is 0 Å². The van der Waals surface area contributed by atoms with E-state index in [1.165, 1.54) is 21.4 Å². The summed E-state index contributed by atoms with van der Waals surface area (Å²) in [6.07, 6.45) is 2.78. The number of rotatable bonds is 5. The molecule has 2 atom stereocenters. The van der Waals surface area contributed by atoms with E-state index in [9.17, 15) is 18.3 Å². The number of carbonyl (C=O) groups is 1. The molecule has 1 N–H and O–H groups in total. The molecule has 1 fully saturated rings. The monoisotopic (exact) mass is 349 g/mol. The standard InChI is InChI=1S/C16H19N3O4S/c1-2-18-9-13(8-17-18)24(22,23)19-10-14(15(11-19)16(20)21)12-6-4-3-5-7-12/h3-9,14-15H,2,10-11H2,1H3,(H,20,21)/t14-,15+/m1/s1. The van der Waals surface area contributed by atoms with E-state index < -0.39 is 21.9 Å². The molecule has 1 aliphatic heterocycles. The van der Waals surface area contributed by atoms with E-state index in [4.69, 9.17) is 0 Å². The predicted molar refractivity (Wildman–Crippen MR) is 87.0 cm³/mol. The molecule has 1 aromatic carbocycles. The summed E-state index contributed by atoms with van der Waals surface area (Å²) in [5.41, 5.74) is 0.840. The maximum absolute atomic E-state index is 12.8. The van der Waals surface area contributed by atoms with Crippen LogP contribution in [0.15, 0.2) is 47.6 Å². The zero-order valence-corrected chi connectivity index (χ0v) is 14.1. The molecule has 0 spiro atoms. The van der Waals surface area contributed by atoms with Crippen molar-refractivity contribution in [1.29, 1.82) is 0 Å². The van der Waals surface area contributed by atoms with Gasteiger partial charge >= 0.3 is 5.97 Å². The minimum absolute atomic E-state index is 0.0332. The number of carboxylic acids is 1. The lowest BCUT2D eigenvalue weighted by Gasteiger charge is -2.15. The average Bonchev–Trinajstić information content (AvgIpc) is 3.23. The zero-order chi connectivity index (χ0) is 17.3. The molecule has 8 heteroatoms. The van der Waals surface area contributed by atoms with Crippen molar-refractivity contribution < 1.29 is 18.3 Å². The fourth-order valence-corrected chi connectivity index (χ4v) is 4.50. The van der Waals surface area contributed by atoms with Gasteiger partial charge in [-0.2, -0.15) is 9.40 Å². The smallest absolute Gasteiger partial charge is 0.308 e. The first-order valence-corrected chi connectivity index (χ1v) is 9.18. The summed E-state index contributed by atoms with van der Waals surface area (Å²) in [6.45, 7) is 2.56. The molecular formula is C16H19N3O4S. The molecule has 128 valence electrons. The molecule has 1 aromatic heterocycles. The Morgan fingerprint density at radius 1 is 1.29 bits per heavy atom. The van der Waals surface area contributed by atoms with Crippen molar-refractivity contribution in [1.82, 2.24) is 14.1 Å². The van der Waals surface area contributed by atoms with Gasteiger partial charge in [0, 0.05) is 31.7 Å². The maximum Gasteiger partial charge on any atom is 0.308 e. The van der Waals surface area contributed by atoms with Gasteiger partial charge in [-0.3, -0.25) is 9.48 Å². The zero-order valence-electron chi connectivity index (χ0n) is 13.2. The van der Waals surface area contributed by atoms with E-state index in [-0.39, 0.29) is 23.9 Å². The fourth-order valence-electron chi connectivity index (χ4n) is 3.05. The molecule has 2 aromatic rings. The largest absolute Gasteiger partial charge is 0.481 e. The molecule has 0 radical (unpaired) electrons. The van der Waals surface area contributed by atoms with Crippen LogP contribution in [0.25, 0.3) is 0 Å². The Bertz CT molecular complexity index is 832. The number of aliphatic carboxylic acids is 1. The number of hydrogen-bond donors (Lipinski definition) is 1. The van der Waals surface area contributed by atoms with Crippen LogP contribution in [0.2, 0.25) is 0 Å². The third-order valence-electron chi connectivity index (χ3n) is 4.40. The van der Waals surface area contributed by atoms with Crippen molar-refractivity contribution in [3.8, 4) is 0 Å². The number of aromatic nitrogens is 2. The van der Waals surface area contributed by atoms with Crippen molar-refractivity contribution in [2.24, 2.45) is 5.92 Å². The lowest BCUT2D eigenvalue weighted by atomic mass is 9.89. The summed E-state index contributed by atoms with van der Waals surface area (Å²) in [5, 5.41) is 13.5. The van der Waals surface area contributed by atoms with Crippen molar-refractivity contribution in [2.45, 2.75) is 24.3 Å². The highest BCUT2D eigenvalue weighted by Crippen LogP contribution is 2.35. The van der Waals surface area contributed by atoms with Crippen molar-refractivity contribution in [3.63, 3.8) is 0 Å². The van der Waals surface area contributed by atoms with Gasteiger partial charge < -0.3 is 5.11 Å². The van der Waals surface area contributed by atoms with Gasteiger partial charge in [0.1, 0.15) is 4.90 Å². The van der Waals surface area contributed by atoms with Crippen molar-refractivity contribution in [3.05, 3.63) is 48.3 Å². The molecule has 3 rings (SSSR count). The van der Waals surface area contributed by atoms with Gasteiger partial charge in [0.2, 0.25) is 10.0 Å². The third-order valence-corrected chi connectivity index (χ3v) is 6.19. The molecule has 0 bridgehead atoms. The van der Waals surface area contributed by atoms with Crippen LogP contribution in [0.1, 0.15) is 18.4 Å². The number of hydrogen-bond acceptors (Lipinski definition) is 4. The SMILES string of the molecule is CCn1cc(S(=O)(=O)N2C[C@H](C(=O)O)[C@@H](c3ccccc3)C2)cn1. The first kappa shape index (κ1) is 16.7. The summed E-state index contributed by atoms with van der Waals surface area (Å²) in [4.78, 5) is 11.7.